The number of aromatic nitrogens is 2. The van der Waals surface area contributed by atoms with Gasteiger partial charge in [0.25, 0.3) is 0 Å². The van der Waals surface area contributed by atoms with Crippen LogP contribution in [-0.2, 0) is 11.3 Å². The molecule has 1 aliphatic rings. The second-order valence-corrected chi connectivity index (χ2v) is 3.47. The van der Waals surface area contributed by atoms with Gasteiger partial charge in [0.15, 0.2) is 5.78 Å². The summed E-state index contributed by atoms with van der Waals surface area (Å²) >= 11 is 0. The molecule has 5 heteroatoms. The van der Waals surface area contributed by atoms with E-state index in [-0.39, 0.29) is 0 Å². The van der Waals surface area contributed by atoms with Crippen molar-refractivity contribution < 1.29 is 4.79 Å². The number of anilines is 1. The zero-order chi connectivity index (χ0) is 9.97. The SMILES string of the molecule is NCCn1cnc(N2CCC(=O)C2)c1. The first-order chi connectivity index (χ1) is 6.79. The first-order valence-electron chi connectivity index (χ1n) is 4.78. The molecule has 2 rings (SSSR count). The van der Waals surface area contributed by atoms with Crippen LogP contribution in [-0.4, -0.2) is 35.0 Å². The molecule has 0 spiro atoms. The third-order valence-electron chi connectivity index (χ3n) is 2.36. The van der Waals surface area contributed by atoms with Crippen molar-refractivity contribution in [1.29, 1.82) is 0 Å². The molecule has 0 aliphatic carbocycles. The van der Waals surface area contributed by atoms with Gasteiger partial charge < -0.3 is 15.2 Å². The van der Waals surface area contributed by atoms with E-state index in [1.165, 1.54) is 0 Å². The van der Waals surface area contributed by atoms with Crippen LogP contribution in [0.5, 0.6) is 0 Å². The first-order valence-corrected chi connectivity index (χ1v) is 4.78. The fourth-order valence-corrected chi connectivity index (χ4v) is 1.61. The third kappa shape index (κ3) is 1.77. The number of ketones is 1. The Hall–Kier alpha value is -1.36. The maximum absolute atomic E-state index is 11.1. The summed E-state index contributed by atoms with van der Waals surface area (Å²) in [6.45, 7) is 2.67. The van der Waals surface area contributed by atoms with Crippen LogP contribution in [0.1, 0.15) is 6.42 Å². The summed E-state index contributed by atoms with van der Waals surface area (Å²) in [6, 6.07) is 0. The van der Waals surface area contributed by atoms with Crippen LogP contribution in [0, 0.1) is 0 Å². The number of rotatable bonds is 3. The molecular weight excluding hydrogens is 180 g/mol. The van der Waals surface area contributed by atoms with E-state index in [0.717, 1.165) is 18.9 Å². The van der Waals surface area contributed by atoms with E-state index in [0.29, 0.717) is 25.3 Å². The standard InChI is InChI=1S/C9H14N4O/c10-2-4-12-6-9(11-7-12)13-3-1-8(14)5-13/h6-7H,1-5,10H2. The second-order valence-electron chi connectivity index (χ2n) is 3.47. The quantitative estimate of drug-likeness (QED) is 0.712. The summed E-state index contributed by atoms with van der Waals surface area (Å²) in [5, 5.41) is 0. The van der Waals surface area contributed by atoms with Crippen LogP contribution in [0.4, 0.5) is 5.82 Å². The number of nitrogens with two attached hydrogens (primary N) is 1. The number of carbonyl (C=O) groups excluding carboxylic acids is 1. The lowest BCUT2D eigenvalue weighted by Gasteiger charge is -2.11. The molecule has 2 N–H and O–H groups in total. The van der Waals surface area contributed by atoms with Crippen molar-refractivity contribution in [2.75, 3.05) is 24.5 Å². The molecule has 1 aromatic heterocycles. The van der Waals surface area contributed by atoms with Gasteiger partial charge in [0.05, 0.1) is 12.9 Å². The molecule has 1 aromatic rings. The van der Waals surface area contributed by atoms with Crippen LogP contribution < -0.4 is 10.6 Å². The molecule has 1 fully saturated rings. The van der Waals surface area contributed by atoms with Crippen molar-refractivity contribution in [2.24, 2.45) is 5.73 Å². The summed E-state index contributed by atoms with van der Waals surface area (Å²) < 4.78 is 1.94. The number of hydrogen-bond donors (Lipinski definition) is 1. The van der Waals surface area contributed by atoms with E-state index in [4.69, 9.17) is 5.73 Å². The van der Waals surface area contributed by atoms with Crippen LogP contribution in [0.15, 0.2) is 12.5 Å². The average molecular weight is 194 g/mol. The zero-order valence-corrected chi connectivity index (χ0v) is 8.02. The van der Waals surface area contributed by atoms with Crippen LogP contribution in [0.2, 0.25) is 0 Å². The van der Waals surface area contributed by atoms with E-state index >= 15 is 0 Å². The van der Waals surface area contributed by atoms with E-state index in [9.17, 15) is 4.79 Å². The molecule has 2 heterocycles. The fraction of sp³-hybridized carbons (Fsp3) is 0.556. The molecule has 0 aromatic carbocycles. The molecule has 0 atom stereocenters. The molecule has 1 saturated heterocycles. The lowest BCUT2D eigenvalue weighted by atomic mass is 10.4. The van der Waals surface area contributed by atoms with Gasteiger partial charge in [0.1, 0.15) is 5.82 Å². The van der Waals surface area contributed by atoms with Crippen molar-refractivity contribution >= 4 is 11.6 Å². The van der Waals surface area contributed by atoms with Crippen LogP contribution >= 0.6 is 0 Å². The Labute approximate surface area is 82.5 Å². The summed E-state index contributed by atoms with van der Waals surface area (Å²) in [5.74, 6) is 1.17. The van der Waals surface area contributed by atoms with E-state index < -0.39 is 0 Å². The minimum atomic E-state index is 0.290. The molecule has 0 amide bonds. The molecule has 0 unspecified atom stereocenters. The number of hydrogen-bond acceptors (Lipinski definition) is 4. The molecule has 76 valence electrons. The molecule has 5 nitrogen and oxygen atoms in total. The van der Waals surface area contributed by atoms with E-state index in [1.807, 2.05) is 15.7 Å². The number of nitrogens with zero attached hydrogens (tertiary/aromatic N) is 3. The highest BCUT2D eigenvalue weighted by Crippen LogP contribution is 2.15. The monoisotopic (exact) mass is 194 g/mol. The maximum Gasteiger partial charge on any atom is 0.153 e. The van der Waals surface area contributed by atoms with E-state index in [2.05, 4.69) is 4.98 Å². The van der Waals surface area contributed by atoms with Gasteiger partial charge in [-0.1, -0.05) is 0 Å². The fourth-order valence-electron chi connectivity index (χ4n) is 1.61. The molecule has 0 bridgehead atoms. The Morgan fingerprint density at radius 3 is 3.07 bits per heavy atom. The molecule has 0 saturated carbocycles. The number of Topliss-reactive ketones (excluding diaryl/α,β-unsaturated/α-hetero) is 1. The molecule has 0 radical (unpaired) electrons. The van der Waals surface area contributed by atoms with Gasteiger partial charge in [-0.15, -0.1) is 0 Å². The summed E-state index contributed by atoms with van der Waals surface area (Å²) in [5.41, 5.74) is 5.43. The Kier molecular flexibility index (Phi) is 2.49. The highest BCUT2D eigenvalue weighted by Gasteiger charge is 2.20. The zero-order valence-electron chi connectivity index (χ0n) is 8.02. The van der Waals surface area contributed by atoms with Crippen molar-refractivity contribution in [3.05, 3.63) is 12.5 Å². The highest BCUT2D eigenvalue weighted by atomic mass is 16.1. The summed E-state index contributed by atoms with van der Waals surface area (Å²) in [7, 11) is 0. The van der Waals surface area contributed by atoms with Gasteiger partial charge >= 0.3 is 0 Å². The average Bonchev–Trinajstić information content (AvgIpc) is 2.74. The van der Waals surface area contributed by atoms with Gasteiger partial charge in [0, 0.05) is 32.3 Å². The van der Waals surface area contributed by atoms with Crippen molar-refractivity contribution in [2.45, 2.75) is 13.0 Å². The lowest BCUT2D eigenvalue weighted by Crippen LogP contribution is -2.19. The predicted molar refractivity (Wildman–Crippen MR) is 53.1 cm³/mol. The van der Waals surface area contributed by atoms with Gasteiger partial charge in [-0.25, -0.2) is 4.98 Å². The molecule has 1 aliphatic heterocycles. The van der Waals surface area contributed by atoms with Gasteiger partial charge in [-0.2, -0.15) is 0 Å². The highest BCUT2D eigenvalue weighted by molar-refractivity contribution is 5.86. The Balaban J connectivity index is 2.05. The second kappa shape index (κ2) is 3.79. The topological polar surface area (TPSA) is 64.2 Å². The minimum Gasteiger partial charge on any atom is -0.348 e. The largest absolute Gasteiger partial charge is 0.348 e. The first kappa shape index (κ1) is 9.21. The Bertz CT molecular complexity index is 333. The van der Waals surface area contributed by atoms with Crippen LogP contribution in [0.25, 0.3) is 0 Å². The summed E-state index contributed by atoms with van der Waals surface area (Å²) in [6.07, 6.45) is 4.33. The van der Waals surface area contributed by atoms with Crippen molar-refractivity contribution in [3.63, 3.8) is 0 Å². The minimum absolute atomic E-state index is 0.290. The predicted octanol–water partition coefficient (Wildman–Crippen LogP) is -0.379. The van der Waals surface area contributed by atoms with Gasteiger partial charge in [0.2, 0.25) is 0 Å². The number of imidazole rings is 1. The van der Waals surface area contributed by atoms with Gasteiger partial charge in [-0.05, 0) is 0 Å². The smallest absolute Gasteiger partial charge is 0.153 e. The van der Waals surface area contributed by atoms with Crippen molar-refractivity contribution in [3.8, 4) is 0 Å². The Morgan fingerprint density at radius 1 is 1.57 bits per heavy atom. The van der Waals surface area contributed by atoms with E-state index in [1.54, 1.807) is 6.33 Å². The molecule has 14 heavy (non-hydrogen) atoms. The third-order valence-corrected chi connectivity index (χ3v) is 2.36. The van der Waals surface area contributed by atoms with Crippen LogP contribution in [0.3, 0.4) is 0 Å². The Morgan fingerprint density at radius 2 is 2.43 bits per heavy atom. The lowest BCUT2D eigenvalue weighted by molar-refractivity contribution is -0.116. The van der Waals surface area contributed by atoms with Crippen molar-refractivity contribution in [1.82, 2.24) is 9.55 Å². The van der Waals surface area contributed by atoms with Gasteiger partial charge in [-0.3, -0.25) is 4.79 Å². The number of carbonyl (C=O) groups is 1. The summed E-state index contributed by atoms with van der Waals surface area (Å²) in [4.78, 5) is 17.3. The normalized spacial score (nSPS) is 16.6. The maximum atomic E-state index is 11.1. The molecular formula is C9H14N4O.